The molecule has 0 fully saturated rings. The number of rotatable bonds is 9. The van der Waals surface area contributed by atoms with Crippen LogP contribution in [0.5, 0.6) is 11.6 Å². The molecule has 6 nitrogen and oxygen atoms in total. The standard InChI is InChI=1S/C22H21FN2O4/c1-28-21-10-5-15(12-25-21)20-9-6-17(23)11-16(20)14-29-19-8-7-18(24-13-19)3-2-4-22(26)27/h5-13H,2-4,14H2,1H3,(H,26,27). The zero-order valence-corrected chi connectivity index (χ0v) is 16.0. The van der Waals surface area contributed by atoms with E-state index < -0.39 is 5.97 Å². The molecule has 0 unspecified atom stereocenters. The van der Waals surface area contributed by atoms with Crippen molar-refractivity contribution in [3.8, 4) is 22.8 Å². The van der Waals surface area contributed by atoms with E-state index >= 15 is 0 Å². The van der Waals surface area contributed by atoms with Crippen LogP contribution in [0.2, 0.25) is 0 Å². The SMILES string of the molecule is COc1ccc(-c2ccc(F)cc2COc2ccc(CCCC(=O)O)nc2)cn1. The van der Waals surface area contributed by atoms with Gasteiger partial charge < -0.3 is 14.6 Å². The number of benzene rings is 1. The molecule has 3 aromatic rings. The number of carboxylic acid groups (broad SMARTS) is 1. The molecule has 0 saturated heterocycles. The molecule has 7 heteroatoms. The highest BCUT2D eigenvalue weighted by Crippen LogP contribution is 2.26. The summed E-state index contributed by atoms with van der Waals surface area (Å²) in [6, 6.07) is 11.7. The van der Waals surface area contributed by atoms with Gasteiger partial charge in [-0.25, -0.2) is 9.37 Å². The fraction of sp³-hybridized carbons (Fsp3) is 0.227. The van der Waals surface area contributed by atoms with Crippen LogP contribution >= 0.6 is 0 Å². The fourth-order valence-electron chi connectivity index (χ4n) is 2.85. The van der Waals surface area contributed by atoms with Crippen molar-refractivity contribution < 1.29 is 23.8 Å². The van der Waals surface area contributed by atoms with Gasteiger partial charge in [0.2, 0.25) is 5.88 Å². The molecule has 0 spiro atoms. The van der Waals surface area contributed by atoms with Crippen molar-refractivity contribution >= 4 is 5.97 Å². The summed E-state index contributed by atoms with van der Waals surface area (Å²) in [4.78, 5) is 19.1. The van der Waals surface area contributed by atoms with Crippen molar-refractivity contribution in [3.63, 3.8) is 0 Å². The van der Waals surface area contributed by atoms with Crippen molar-refractivity contribution in [1.82, 2.24) is 9.97 Å². The summed E-state index contributed by atoms with van der Waals surface area (Å²) in [7, 11) is 1.55. The van der Waals surface area contributed by atoms with Crippen molar-refractivity contribution in [1.29, 1.82) is 0 Å². The quantitative estimate of drug-likeness (QED) is 0.581. The topological polar surface area (TPSA) is 81.5 Å². The van der Waals surface area contributed by atoms with Gasteiger partial charge in [-0.3, -0.25) is 9.78 Å². The molecule has 2 aromatic heterocycles. The summed E-state index contributed by atoms with van der Waals surface area (Å²) in [5.74, 6) is -0.109. The maximum Gasteiger partial charge on any atom is 0.303 e. The molecule has 0 aliphatic heterocycles. The van der Waals surface area contributed by atoms with E-state index in [9.17, 15) is 9.18 Å². The smallest absolute Gasteiger partial charge is 0.303 e. The number of hydrogen-bond donors (Lipinski definition) is 1. The first-order valence-electron chi connectivity index (χ1n) is 9.13. The molecule has 3 rings (SSSR count). The number of ether oxygens (including phenoxy) is 2. The molecule has 0 aliphatic carbocycles. The third-order valence-electron chi connectivity index (χ3n) is 4.34. The van der Waals surface area contributed by atoms with Gasteiger partial charge in [0.1, 0.15) is 18.2 Å². The summed E-state index contributed by atoms with van der Waals surface area (Å²) >= 11 is 0. The van der Waals surface area contributed by atoms with Crippen molar-refractivity contribution in [2.75, 3.05) is 7.11 Å². The van der Waals surface area contributed by atoms with E-state index in [4.69, 9.17) is 14.6 Å². The number of hydrogen-bond acceptors (Lipinski definition) is 5. The minimum Gasteiger partial charge on any atom is -0.487 e. The monoisotopic (exact) mass is 396 g/mol. The average Bonchev–Trinajstić information content (AvgIpc) is 2.73. The van der Waals surface area contributed by atoms with E-state index in [1.165, 1.54) is 12.1 Å². The van der Waals surface area contributed by atoms with Gasteiger partial charge in [0, 0.05) is 35.5 Å². The zero-order chi connectivity index (χ0) is 20.6. The molecule has 0 saturated carbocycles. The summed E-state index contributed by atoms with van der Waals surface area (Å²) in [6.45, 7) is 0.166. The van der Waals surface area contributed by atoms with Crippen molar-refractivity contribution in [3.05, 3.63) is 71.9 Å². The van der Waals surface area contributed by atoms with Gasteiger partial charge >= 0.3 is 5.97 Å². The molecule has 29 heavy (non-hydrogen) atoms. The van der Waals surface area contributed by atoms with Crippen molar-refractivity contribution in [2.24, 2.45) is 0 Å². The summed E-state index contributed by atoms with van der Waals surface area (Å²) in [6.07, 6.45) is 4.49. The number of methoxy groups -OCH3 is 1. The first-order valence-corrected chi connectivity index (χ1v) is 9.13. The largest absolute Gasteiger partial charge is 0.487 e. The first kappa shape index (κ1) is 20.3. The summed E-state index contributed by atoms with van der Waals surface area (Å²) in [5, 5.41) is 8.69. The highest BCUT2D eigenvalue weighted by atomic mass is 19.1. The highest BCUT2D eigenvalue weighted by Gasteiger charge is 2.09. The predicted octanol–water partition coefficient (Wildman–Crippen LogP) is 4.28. The van der Waals surface area contributed by atoms with Crippen LogP contribution in [0.25, 0.3) is 11.1 Å². The Labute approximate surface area is 168 Å². The van der Waals surface area contributed by atoms with Crippen LogP contribution in [-0.2, 0) is 17.8 Å². The Hall–Kier alpha value is -3.48. The molecular weight excluding hydrogens is 375 g/mol. The van der Waals surface area contributed by atoms with Gasteiger partial charge in [-0.05, 0) is 48.7 Å². The second-order valence-corrected chi connectivity index (χ2v) is 6.41. The first-order chi connectivity index (χ1) is 14.0. The van der Waals surface area contributed by atoms with Gasteiger partial charge in [0.05, 0.1) is 13.3 Å². The van der Waals surface area contributed by atoms with E-state index in [0.29, 0.717) is 30.0 Å². The molecule has 0 amide bonds. The minimum atomic E-state index is -0.817. The second-order valence-electron chi connectivity index (χ2n) is 6.41. The highest BCUT2D eigenvalue weighted by molar-refractivity contribution is 5.67. The third kappa shape index (κ3) is 5.75. The lowest BCUT2D eigenvalue weighted by molar-refractivity contribution is -0.137. The van der Waals surface area contributed by atoms with E-state index in [1.807, 2.05) is 6.07 Å². The van der Waals surface area contributed by atoms with E-state index in [-0.39, 0.29) is 18.8 Å². The average molecular weight is 396 g/mol. The second kappa shape index (κ2) is 9.64. The normalized spacial score (nSPS) is 10.6. The minimum absolute atomic E-state index is 0.114. The molecular formula is C22H21FN2O4. The number of carbonyl (C=O) groups is 1. The number of aromatic nitrogens is 2. The Morgan fingerprint density at radius 3 is 2.62 bits per heavy atom. The number of pyridine rings is 2. The Morgan fingerprint density at radius 2 is 1.97 bits per heavy atom. The molecule has 0 bridgehead atoms. The van der Waals surface area contributed by atoms with Crippen LogP contribution in [0.1, 0.15) is 24.1 Å². The van der Waals surface area contributed by atoms with E-state index in [1.54, 1.807) is 43.8 Å². The lowest BCUT2D eigenvalue weighted by atomic mass is 10.0. The van der Waals surface area contributed by atoms with Crippen LogP contribution in [0.3, 0.4) is 0 Å². The number of aryl methyl sites for hydroxylation is 1. The fourth-order valence-corrected chi connectivity index (χ4v) is 2.85. The van der Waals surface area contributed by atoms with Crippen molar-refractivity contribution in [2.45, 2.75) is 25.9 Å². The lowest BCUT2D eigenvalue weighted by Gasteiger charge is -2.12. The predicted molar refractivity (Wildman–Crippen MR) is 105 cm³/mol. The van der Waals surface area contributed by atoms with Gasteiger partial charge in [-0.15, -0.1) is 0 Å². The van der Waals surface area contributed by atoms with Gasteiger partial charge in [-0.1, -0.05) is 6.07 Å². The molecule has 0 radical (unpaired) electrons. The molecule has 0 atom stereocenters. The van der Waals surface area contributed by atoms with Gasteiger partial charge in [0.25, 0.3) is 0 Å². The van der Waals surface area contributed by atoms with Crippen LogP contribution in [0.15, 0.2) is 54.9 Å². The number of halogens is 1. The Kier molecular flexibility index (Phi) is 6.73. The number of aliphatic carboxylic acids is 1. The lowest BCUT2D eigenvalue weighted by Crippen LogP contribution is -2.01. The van der Waals surface area contributed by atoms with Crippen LogP contribution in [0.4, 0.5) is 4.39 Å². The Balaban J connectivity index is 1.68. The third-order valence-corrected chi connectivity index (χ3v) is 4.34. The number of carboxylic acids is 1. The van der Waals surface area contributed by atoms with Crippen LogP contribution < -0.4 is 9.47 Å². The number of nitrogens with zero attached hydrogens (tertiary/aromatic N) is 2. The van der Waals surface area contributed by atoms with Gasteiger partial charge in [-0.2, -0.15) is 0 Å². The van der Waals surface area contributed by atoms with Crippen LogP contribution in [-0.4, -0.2) is 28.2 Å². The maximum absolute atomic E-state index is 13.8. The summed E-state index contributed by atoms with van der Waals surface area (Å²) in [5.41, 5.74) is 3.13. The molecule has 2 heterocycles. The van der Waals surface area contributed by atoms with E-state index in [2.05, 4.69) is 9.97 Å². The van der Waals surface area contributed by atoms with Gasteiger partial charge in [0.15, 0.2) is 0 Å². The molecule has 150 valence electrons. The molecule has 1 N–H and O–H groups in total. The zero-order valence-electron chi connectivity index (χ0n) is 16.0. The van der Waals surface area contributed by atoms with E-state index in [0.717, 1.165) is 16.8 Å². The maximum atomic E-state index is 13.8. The summed E-state index contributed by atoms with van der Waals surface area (Å²) < 4.78 is 24.6. The molecule has 1 aromatic carbocycles. The molecule has 0 aliphatic rings. The Morgan fingerprint density at radius 1 is 1.10 bits per heavy atom. The Bertz CT molecular complexity index is 960. The van der Waals surface area contributed by atoms with Crippen LogP contribution in [0, 0.1) is 5.82 Å².